The van der Waals surface area contributed by atoms with Crippen LogP contribution in [-0.4, -0.2) is 69.9 Å². The van der Waals surface area contributed by atoms with Crippen molar-refractivity contribution in [2.75, 3.05) is 38.7 Å². The first-order valence-electron chi connectivity index (χ1n) is 8.90. The SMILES string of the molecule is C=CCCCCCN(C)C(=NC)NCCC(=O)NC1CCS(=O)(=O)C1.I. The van der Waals surface area contributed by atoms with E-state index in [1.807, 2.05) is 13.1 Å². The normalized spacial score (nSPS) is 18.7. The molecule has 1 atom stereocenters. The van der Waals surface area contributed by atoms with E-state index in [0.29, 0.717) is 19.4 Å². The summed E-state index contributed by atoms with van der Waals surface area (Å²) >= 11 is 0. The number of allylic oxidation sites excluding steroid dienone is 1. The number of sulfone groups is 1. The van der Waals surface area contributed by atoms with Gasteiger partial charge in [0.15, 0.2) is 15.8 Å². The average Bonchev–Trinajstić information content (AvgIpc) is 2.89. The van der Waals surface area contributed by atoms with Crippen LogP contribution >= 0.6 is 24.0 Å². The third-order valence-electron chi connectivity index (χ3n) is 4.21. The summed E-state index contributed by atoms with van der Waals surface area (Å²) in [6, 6.07) is -0.241. The quantitative estimate of drug-likeness (QED) is 0.156. The standard InChI is InChI=1S/C17H32N4O3S.HI/c1-4-5-6-7-8-12-21(3)17(18-2)19-11-9-16(22)20-15-10-13-25(23,24)14-15;/h4,15H,1,5-14H2,2-3H3,(H,18,19)(H,20,22);1H. The second-order valence-electron chi connectivity index (χ2n) is 6.45. The minimum Gasteiger partial charge on any atom is -0.356 e. The van der Waals surface area contributed by atoms with E-state index in [4.69, 9.17) is 0 Å². The number of hydrogen-bond donors (Lipinski definition) is 2. The van der Waals surface area contributed by atoms with Crippen LogP contribution in [0.1, 0.15) is 38.5 Å². The molecular formula is C17H33IN4O3S. The molecule has 0 aromatic carbocycles. The van der Waals surface area contributed by atoms with Crippen molar-refractivity contribution >= 4 is 45.7 Å². The Labute approximate surface area is 175 Å². The van der Waals surface area contributed by atoms with E-state index >= 15 is 0 Å². The number of aliphatic imine (C=N–C) groups is 1. The minimum atomic E-state index is -2.97. The molecule has 0 aromatic rings. The molecule has 1 aliphatic heterocycles. The zero-order chi connectivity index (χ0) is 18.7. The number of guanidine groups is 1. The fourth-order valence-corrected chi connectivity index (χ4v) is 4.47. The first-order valence-corrected chi connectivity index (χ1v) is 10.7. The van der Waals surface area contributed by atoms with Crippen LogP contribution in [0, 0.1) is 0 Å². The Balaban J connectivity index is 0.00000625. The van der Waals surface area contributed by atoms with E-state index in [2.05, 4.69) is 27.1 Å². The molecular weight excluding hydrogens is 467 g/mol. The van der Waals surface area contributed by atoms with Crippen LogP contribution in [-0.2, 0) is 14.6 Å². The zero-order valence-electron chi connectivity index (χ0n) is 15.9. The summed E-state index contributed by atoms with van der Waals surface area (Å²) in [5.41, 5.74) is 0. The molecule has 7 nitrogen and oxygen atoms in total. The number of unbranched alkanes of at least 4 members (excludes halogenated alkanes) is 3. The number of halogens is 1. The first-order chi connectivity index (χ1) is 11.9. The van der Waals surface area contributed by atoms with Crippen LogP contribution in [0.15, 0.2) is 17.6 Å². The number of amides is 1. The van der Waals surface area contributed by atoms with E-state index < -0.39 is 9.84 Å². The van der Waals surface area contributed by atoms with Gasteiger partial charge in [-0.1, -0.05) is 12.5 Å². The van der Waals surface area contributed by atoms with Gasteiger partial charge in [-0.25, -0.2) is 8.42 Å². The molecule has 0 aliphatic carbocycles. The summed E-state index contributed by atoms with van der Waals surface area (Å²) in [4.78, 5) is 18.2. The fourth-order valence-electron chi connectivity index (χ4n) is 2.80. The molecule has 152 valence electrons. The van der Waals surface area contributed by atoms with Crippen LogP contribution < -0.4 is 10.6 Å². The van der Waals surface area contributed by atoms with Gasteiger partial charge in [0.25, 0.3) is 0 Å². The van der Waals surface area contributed by atoms with Crippen LogP contribution in [0.5, 0.6) is 0 Å². The lowest BCUT2D eigenvalue weighted by Crippen LogP contribution is -2.42. The Hall–Kier alpha value is -0.840. The number of carbonyl (C=O) groups excluding carboxylic acids is 1. The molecule has 1 aliphatic rings. The van der Waals surface area contributed by atoms with Crippen molar-refractivity contribution in [2.24, 2.45) is 4.99 Å². The van der Waals surface area contributed by atoms with Crippen molar-refractivity contribution in [1.29, 1.82) is 0 Å². The van der Waals surface area contributed by atoms with Crippen LogP contribution in [0.2, 0.25) is 0 Å². The first kappa shape index (κ1) is 25.2. The molecule has 1 rings (SSSR count). The average molecular weight is 500 g/mol. The van der Waals surface area contributed by atoms with Gasteiger partial charge in [-0.3, -0.25) is 9.79 Å². The minimum absolute atomic E-state index is 0. The van der Waals surface area contributed by atoms with Crippen LogP contribution in [0.25, 0.3) is 0 Å². The Bertz CT molecular complexity index is 566. The van der Waals surface area contributed by atoms with Gasteiger partial charge >= 0.3 is 0 Å². The van der Waals surface area contributed by atoms with Crippen molar-refractivity contribution in [2.45, 2.75) is 44.6 Å². The number of nitrogens with one attached hydrogen (secondary N) is 2. The molecule has 0 saturated carbocycles. The molecule has 9 heteroatoms. The highest BCUT2D eigenvalue weighted by Crippen LogP contribution is 2.11. The second kappa shape index (κ2) is 13.3. The van der Waals surface area contributed by atoms with Crippen molar-refractivity contribution in [3.63, 3.8) is 0 Å². The van der Waals surface area contributed by atoms with Gasteiger partial charge in [-0.05, 0) is 25.7 Å². The van der Waals surface area contributed by atoms with Crippen molar-refractivity contribution in [3.05, 3.63) is 12.7 Å². The second-order valence-corrected chi connectivity index (χ2v) is 8.68. The van der Waals surface area contributed by atoms with Gasteiger partial charge in [0, 0.05) is 39.6 Å². The summed E-state index contributed by atoms with van der Waals surface area (Å²) in [5, 5.41) is 5.96. The third-order valence-corrected chi connectivity index (χ3v) is 5.98. The third kappa shape index (κ3) is 10.3. The monoisotopic (exact) mass is 500 g/mol. The molecule has 26 heavy (non-hydrogen) atoms. The number of hydrogen-bond acceptors (Lipinski definition) is 4. The van der Waals surface area contributed by atoms with Crippen LogP contribution in [0.3, 0.4) is 0 Å². The van der Waals surface area contributed by atoms with E-state index in [1.54, 1.807) is 7.05 Å². The zero-order valence-corrected chi connectivity index (χ0v) is 19.0. The van der Waals surface area contributed by atoms with Gasteiger partial charge in [-0.15, -0.1) is 30.6 Å². The van der Waals surface area contributed by atoms with Crippen molar-refractivity contribution < 1.29 is 13.2 Å². The number of carbonyl (C=O) groups is 1. The predicted molar refractivity (Wildman–Crippen MR) is 118 cm³/mol. The molecule has 2 N–H and O–H groups in total. The lowest BCUT2D eigenvalue weighted by atomic mass is 10.2. The molecule has 1 amide bonds. The molecule has 0 bridgehead atoms. The van der Waals surface area contributed by atoms with E-state index in [9.17, 15) is 13.2 Å². The lowest BCUT2D eigenvalue weighted by Gasteiger charge is -2.22. The Morgan fingerprint density at radius 3 is 2.65 bits per heavy atom. The molecule has 0 radical (unpaired) electrons. The van der Waals surface area contributed by atoms with E-state index in [-0.39, 0.29) is 47.4 Å². The summed E-state index contributed by atoms with van der Waals surface area (Å²) in [5.74, 6) is 0.861. The fraction of sp³-hybridized carbons (Fsp3) is 0.765. The molecule has 1 fully saturated rings. The van der Waals surface area contributed by atoms with Gasteiger partial charge in [-0.2, -0.15) is 0 Å². The highest BCUT2D eigenvalue weighted by Gasteiger charge is 2.28. The summed E-state index contributed by atoms with van der Waals surface area (Å²) in [7, 11) is 0.734. The molecule has 1 saturated heterocycles. The maximum absolute atomic E-state index is 11.9. The number of rotatable bonds is 10. The van der Waals surface area contributed by atoms with Crippen LogP contribution in [0.4, 0.5) is 0 Å². The van der Waals surface area contributed by atoms with E-state index in [0.717, 1.165) is 38.2 Å². The highest BCUT2D eigenvalue weighted by molar-refractivity contribution is 14.0. The smallest absolute Gasteiger partial charge is 0.222 e. The molecule has 1 unspecified atom stereocenters. The maximum atomic E-state index is 11.9. The Kier molecular flexibility index (Phi) is 12.9. The van der Waals surface area contributed by atoms with Gasteiger partial charge in [0.2, 0.25) is 5.91 Å². The summed E-state index contributed by atoms with van der Waals surface area (Å²) in [6.45, 7) is 5.10. The lowest BCUT2D eigenvalue weighted by molar-refractivity contribution is -0.121. The highest BCUT2D eigenvalue weighted by atomic mass is 127. The predicted octanol–water partition coefficient (Wildman–Crippen LogP) is 1.55. The molecule has 1 heterocycles. The van der Waals surface area contributed by atoms with Crippen molar-refractivity contribution in [3.8, 4) is 0 Å². The maximum Gasteiger partial charge on any atom is 0.222 e. The van der Waals surface area contributed by atoms with E-state index in [1.165, 1.54) is 0 Å². The Morgan fingerprint density at radius 2 is 2.08 bits per heavy atom. The van der Waals surface area contributed by atoms with Crippen molar-refractivity contribution in [1.82, 2.24) is 15.5 Å². The molecule has 0 aromatic heterocycles. The summed E-state index contributed by atoms with van der Waals surface area (Å²) in [6.07, 6.45) is 7.19. The van der Waals surface area contributed by atoms with Gasteiger partial charge < -0.3 is 15.5 Å². The Morgan fingerprint density at radius 1 is 1.35 bits per heavy atom. The number of nitrogens with zero attached hydrogens (tertiary/aromatic N) is 2. The summed E-state index contributed by atoms with van der Waals surface area (Å²) < 4.78 is 22.8. The topological polar surface area (TPSA) is 90.9 Å². The largest absolute Gasteiger partial charge is 0.356 e. The molecule has 0 spiro atoms. The van der Waals surface area contributed by atoms with Gasteiger partial charge in [0.1, 0.15) is 0 Å². The van der Waals surface area contributed by atoms with Gasteiger partial charge in [0.05, 0.1) is 11.5 Å².